The Morgan fingerprint density at radius 1 is 0.600 bits per heavy atom. The lowest BCUT2D eigenvalue weighted by Gasteiger charge is -2.34. The lowest BCUT2D eigenvalue weighted by Crippen LogP contribution is -2.50. The van der Waals surface area contributed by atoms with E-state index in [1.54, 1.807) is 0 Å². The summed E-state index contributed by atoms with van der Waals surface area (Å²) in [6, 6.07) is 20.4. The van der Waals surface area contributed by atoms with Crippen LogP contribution in [0.15, 0.2) is 85.0 Å². The molecule has 4 heteroatoms. The predicted molar refractivity (Wildman–Crippen MR) is 121 cm³/mol. The van der Waals surface area contributed by atoms with Crippen molar-refractivity contribution in [3.05, 3.63) is 96.1 Å². The molecule has 1 aliphatic heterocycles. The number of hydrogen-bond donors (Lipinski definition) is 0. The summed E-state index contributed by atoms with van der Waals surface area (Å²) in [5.74, 6) is 0.267. The lowest BCUT2D eigenvalue weighted by molar-refractivity contribution is -0.138. The molecule has 1 fully saturated rings. The van der Waals surface area contributed by atoms with E-state index in [-0.39, 0.29) is 11.8 Å². The number of piperazine rings is 1. The molecule has 0 atom stereocenters. The topological polar surface area (TPSA) is 40.6 Å². The molecule has 0 unspecified atom stereocenters. The number of rotatable bonds is 8. The maximum atomic E-state index is 12.4. The zero-order valence-electron chi connectivity index (χ0n) is 17.5. The number of allylic oxidation sites excluding steroid dienone is 2. The molecule has 2 aromatic rings. The maximum Gasteiger partial charge on any atom is 0.226 e. The van der Waals surface area contributed by atoms with Crippen LogP contribution in [0.5, 0.6) is 0 Å². The van der Waals surface area contributed by atoms with E-state index in [2.05, 4.69) is 36.4 Å². The van der Waals surface area contributed by atoms with Gasteiger partial charge in [-0.2, -0.15) is 0 Å². The van der Waals surface area contributed by atoms with Crippen molar-refractivity contribution in [1.29, 1.82) is 0 Å². The van der Waals surface area contributed by atoms with E-state index in [9.17, 15) is 9.59 Å². The van der Waals surface area contributed by atoms with Gasteiger partial charge in [0.05, 0.1) is 0 Å². The molecule has 1 heterocycles. The quantitative estimate of drug-likeness (QED) is 0.626. The van der Waals surface area contributed by atoms with Crippen LogP contribution >= 0.6 is 0 Å². The minimum atomic E-state index is 0.133. The van der Waals surface area contributed by atoms with Gasteiger partial charge in [0.25, 0.3) is 0 Å². The van der Waals surface area contributed by atoms with E-state index in [1.807, 2.05) is 58.4 Å². The first-order valence-electron chi connectivity index (χ1n) is 10.7. The fraction of sp³-hybridized carbons (Fsp3) is 0.308. The Morgan fingerprint density at radius 3 is 1.33 bits per heavy atom. The lowest BCUT2D eigenvalue weighted by atomic mass is 10.1. The standard InChI is InChI=1S/C26H30N2O2/c29-25(17-9-7-15-23-11-3-1-4-12-23)27-19-21-28(22-20-27)26(30)18-10-8-16-24-13-5-2-6-14-24/h1-14H,15-22H2. The molecule has 0 bridgehead atoms. The Bertz CT molecular complexity index is 778. The van der Waals surface area contributed by atoms with Gasteiger partial charge in [0.15, 0.2) is 0 Å². The van der Waals surface area contributed by atoms with Crippen molar-refractivity contribution in [2.24, 2.45) is 0 Å². The zero-order chi connectivity index (χ0) is 21.0. The van der Waals surface area contributed by atoms with Crippen molar-refractivity contribution in [3.8, 4) is 0 Å². The van der Waals surface area contributed by atoms with Crippen LogP contribution in [0.4, 0.5) is 0 Å². The van der Waals surface area contributed by atoms with Crippen molar-refractivity contribution in [2.75, 3.05) is 26.2 Å². The minimum Gasteiger partial charge on any atom is -0.339 e. The largest absolute Gasteiger partial charge is 0.339 e. The third kappa shape index (κ3) is 7.03. The fourth-order valence-corrected chi connectivity index (χ4v) is 3.50. The van der Waals surface area contributed by atoms with Crippen molar-refractivity contribution in [1.82, 2.24) is 9.80 Å². The molecule has 0 saturated carbocycles. The van der Waals surface area contributed by atoms with Crippen LogP contribution in [0.25, 0.3) is 0 Å². The Labute approximate surface area is 179 Å². The van der Waals surface area contributed by atoms with E-state index < -0.39 is 0 Å². The summed E-state index contributed by atoms with van der Waals surface area (Å²) < 4.78 is 0. The first-order chi connectivity index (χ1) is 14.7. The van der Waals surface area contributed by atoms with Crippen LogP contribution in [0.2, 0.25) is 0 Å². The third-order valence-electron chi connectivity index (χ3n) is 5.30. The number of amides is 2. The second kappa shape index (κ2) is 11.8. The monoisotopic (exact) mass is 402 g/mol. The highest BCUT2D eigenvalue weighted by molar-refractivity contribution is 5.80. The normalized spacial score (nSPS) is 14.5. The van der Waals surface area contributed by atoms with Gasteiger partial charge in [0.1, 0.15) is 0 Å². The minimum absolute atomic E-state index is 0.133. The van der Waals surface area contributed by atoms with Gasteiger partial charge in [0, 0.05) is 39.0 Å². The van der Waals surface area contributed by atoms with Gasteiger partial charge in [-0.3, -0.25) is 9.59 Å². The molecule has 1 aliphatic rings. The van der Waals surface area contributed by atoms with Crippen LogP contribution in [-0.2, 0) is 22.4 Å². The number of carbonyl (C=O) groups excluding carboxylic acids is 2. The average Bonchev–Trinajstić information content (AvgIpc) is 2.81. The summed E-state index contributed by atoms with van der Waals surface area (Å²) in [7, 11) is 0. The zero-order valence-corrected chi connectivity index (χ0v) is 17.5. The number of carbonyl (C=O) groups is 2. The van der Waals surface area contributed by atoms with E-state index in [4.69, 9.17) is 0 Å². The molecular weight excluding hydrogens is 372 g/mol. The Hall–Kier alpha value is -3.14. The number of benzene rings is 2. The average molecular weight is 403 g/mol. The smallest absolute Gasteiger partial charge is 0.226 e. The van der Waals surface area contributed by atoms with E-state index >= 15 is 0 Å². The van der Waals surface area contributed by atoms with E-state index in [0.29, 0.717) is 39.0 Å². The molecule has 3 rings (SSSR count). The van der Waals surface area contributed by atoms with Crippen LogP contribution in [0.1, 0.15) is 24.0 Å². The van der Waals surface area contributed by atoms with Crippen molar-refractivity contribution in [2.45, 2.75) is 25.7 Å². The van der Waals surface area contributed by atoms with Gasteiger partial charge in [-0.15, -0.1) is 0 Å². The Kier molecular flexibility index (Phi) is 8.46. The molecule has 156 valence electrons. The molecule has 1 saturated heterocycles. The van der Waals surface area contributed by atoms with Crippen molar-refractivity contribution >= 4 is 11.8 Å². The predicted octanol–water partition coefficient (Wildman–Crippen LogP) is 4.04. The fourth-order valence-electron chi connectivity index (χ4n) is 3.50. The van der Waals surface area contributed by atoms with E-state index in [1.165, 1.54) is 11.1 Å². The van der Waals surface area contributed by atoms with Gasteiger partial charge in [0.2, 0.25) is 11.8 Å². The molecule has 0 radical (unpaired) electrons. The maximum absolute atomic E-state index is 12.4. The third-order valence-corrected chi connectivity index (χ3v) is 5.30. The summed E-state index contributed by atoms with van der Waals surface area (Å²) in [5.41, 5.74) is 2.48. The van der Waals surface area contributed by atoms with Crippen LogP contribution in [0.3, 0.4) is 0 Å². The van der Waals surface area contributed by atoms with Gasteiger partial charge in [-0.05, 0) is 24.0 Å². The van der Waals surface area contributed by atoms with E-state index in [0.717, 1.165) is 12.8 Å². The molecule has 0 N–H and O–H groups in total. The molecule has 0 aliphatic carbocycles. The molecule has 0 aromatic heterocycles. The number of nitrogens with zero attached hydrogens (tertiary/aromatic N) is 2. The van der Waals surface area contributed by atoms with Crippen LogP contribution in [0, 0.1) is 0 Å². The van der Waals surface area contributed by atoms with Gasteiger partial charge in [-0.25, -0.2) is 0 Å². The summed E-state index contributed by atoms with van der Waals surface area (Å²) in [5, 5.41) is 0. The second-order valence-electron chi connectivity index (χ2n) is 7.49. The molecule has 2 amide bonds. The highest BCUT2D eigenvalue weighted by Crippen LogP contribution is 2.08. The van der Waals surface area contributed by atoms with Gasteiger partial charge >= 0.3 is 0 Å². The van der Waals surface area contributed by atoms with Crippen molar-refractivity contribution < 1.29 is 9.59 Å². The first kappa shape index (κ1) is 21.6. The SMILES string of the molecule is O=C(CC=CCc1ccccc1)N1CCN(C(=O)CC=CCc2ccccc2)CC1. The summed E-state index contributed by atoms with van der Waals surface area (Å²) in [4.78, 5) is 28.5. The van der Waals surface area contributed by atoms with Crippen LogP contribution < -0.4 is 0 Å². The van der Waals surface area contributed by atoms with Crippen molar-refractivity contribution in [3.63, 3.8) is 0 Å². The first-order valence-corrected chi connectivity index (χ1v) is 10.7. The molecule has 30 heavy (non-hydrogen) atoms. The molecular formula is C26H30N2O2. The number of hydrogen-bond acceptors (Lipinski definition) is 2. The second-order valence-corrected chi connectivity index (χ2v) is 7.49. The van der Waals surface area contributed by atoms with Crippen LogP contribution in [-0.4, -0.2) is 47.8 Å². The summed E-state index contributed by atoms with van der Waals surface area (Å²) in [6.07, 6.45) is 10.5. The summed E-state index contributed by atoms with van der Waals surface area (Å²) >= 11 is 0. The Morgan fingerprint density at radius 2 is 0.967 bits per heavy atom. The molecule has 2 aromatic carbocycles. The Balaban J connectivity index is 1.33. The highest BCUT2D eigenvalue weighted by atomic mass is 16.2. The van der Waals surface area contributed by atoms with Gasteiger partial charge in [-0.1, -0.05) is 85.0 Å². The molecule has 0 spiro atoms. The summed E-state index contributed by atoms with van der Waals surface area (Å²) in [6.45, 7) is 2.46. The molecule has 4 nitrogen and oxygen atoms in total. The van der Waals surface area contributed by atoms with Gasteiger partial charge < -0.3 is 9.80 Å². The highest BCUT2D eigenvalue weighted by Gasteiger charge is 2.22.